The summed E-state index contributed by atoms with van der Waals surface area (Å²) in [7, 11) is 0. The number of hydrogen-bond acceptors (Lipinski definition) is 12. The number of aromatic nitrogens is 1. The third kappa shape index (κ3) is 4.95. The van der Waals surface area contributed by atoms with E-state index in [9.17, 15) is 24.3 Å². The van der Waals surface area contributed by atoms with Gasteiger partial charge in [0.2, 0.25) is 0 Å². The zero-order chi connectivity index (χ0) is 23.9. The molecular formula is C19H18N5NaO7S2. The van der Waals surface area contributed by atoms with Crippen LogP contribution in [0.25, 0.3) is 5.57 Å². The number of nitrogens with two attached hydrogens (primary N) is 1. The van der Waals surface area contributed by atoms with Gasteiger partial charge in [-0.3, -0.25) is 19.3 Å². The Labute approximate surface area is 223 Å². The van der Waals surface area contributed by atoms with Crippen molar-refractivity contribution in [1.82, 2.24) is 20.7 Å². The summed E-state index contributed by atoms with van der Waals surface area (Å²) in [5.41, 5.74) is 9.02. The number of carboxylic acids is 1. The molecule has 4 rings (SSSR count). The van der Waals surface area contributed by atoms with Crippen LogP contribution in [0.2, 0.25) is 0 Å². The molecule has 0 aromatic carbocycles. The maximum atomic E-state index is 13.2. The van der Waals surface area contributed by atoms with E-state index < -0.39 is 35.2 Å². The molecule has 34 heavy (non-hydrogen) atoms. The molecule has 0 bridgehead atoms. The van der Waals surface area contributed by atoms with Crippen molar-refractivity contribution < 1.29 is 63.4 Å². The van der Waals surface area contributed by atoms with Crippen LogP contribution in [-0.4, -0.2) is 57.4 Å². The Bertz CT molecular complexity index is 1160. The summed E-state index contributed by atoms with van der Waals surface area (Å²) in [6.45, 7) is 2.62. The van der Waals surface area contributed by atoms with Crippen LogP contribution in [0.5, 0.6) is 0 Å². The molecule has 0 spiro atoms. The quantitative estimate of drug-likeness (QED) is 0.145. The molecule has 4 heterocycles. The monoisotopic (exact) mass is 515 g/mol. The van der Waals surface area contributed by atoms with Crippen molar-refractivity contribution >= 4 is 57.6 Å². The Kier molecular flexibility index (Phi) is 7.98. The number of carbonyl (C=O) groups excluding carboxylic acids is 4. The molecule has 174 valence electrons. The average Bonchev–Trinajstić information content (AvgIpc) is 3.38. The van der Waals surface area contributed by atoms with E-state index in [0.29, 0.717) is 17.2 Å². The van der Waals surface area contributed by atoms with Gasteiger partial charge in [0.1, 0.15) is 23.8 Å². The third-order valence-electron chi connectivity index (χ3n) is 4.92. The Hall–Kier alpha value is -2.52. The molecule has 3 aliphatic heterocycles. The van der Waals surface area contributed by atoms with Gasteiger partial charge in [0, 0.05) is 29.7 Å². The summed E-state index contributed by atoms with van der Waals surface area (Å²) >= 11 is 2.39. The summed E-state index contributed by atoms with van der Waals surface area (Å²) < 4.78 is 4.89. The molecule has 2 atom stereocenters. The van der Waals surface area contributed by atoms with Crippen LogP contribution in [0.15, 0.2) is 34.2 Å². The van der Waals surface area contributed by atoms with Crippen molar-refractivity contribution in [2.75, 3.05) is 18.1 Å². The Morgan fingerprint density at radius 1 is 1.44 bits per heavy atom. The average molecular weight is 516 g/mol. The number of hydrogen-bond donors (Lipinski definition) is 3. The van der Waals surface area contributed by atoms with Gasteiger partial charge < -0.3 is 30.5 Å². The first kappa shape index (κ1) is 26.1. The summed E-state index contributed by atoms with van der Waals surface area (Å²) in [4.78, 5) is 59.2. The second-order valence-corrected chi connectivity index (χ2v) is 9.19. The fourth-order valence-electron chi connectivity index (χ4n) is 3.48. The molecule has 1 aromatic rings. The smallest absolute Gasteiger partial charge is 0.543 e. The predicted octanol–water partition coefficient (Wildman–Crippen LogP) is -4.15. The number of esters is 1. The zero-order valence-corrected chi connectivity index (χ0v) is 22.0. The van der Waals surface area contributed by atoms with Gasteiger partial charge in [-0.1, -0.05) is 0 Å². The van der Waals surface area contributed by atoms with Crippen molar-refractivity contribution in [3.05, 3.63) is 39.9 Å². The first-order valence-corrected chi connectivity index (χ1v) is 11.5. The molecule has 0 aliphatic carbocycles. The second-order valence-electron chi connectivity index (χ2n) is 7.20. The number of β-lactam (4-membered cyclic amide) rings is 1. The molecule has 1 aromatic heterocycles. The molecule has 12 nitrogen and oxygen atoms in total. The van der Waals surface area contributed by atoms with Gasteiger partial charge in [-0.05, 0) is 6.92 Å². The Morgan fingerprint density at radius 2 is 2.18 bits per heavy atom. The second kappa shape index (κ2) is 10.4. The van der Waals surface area contributed by atoms with E-state index in [4.69, 9.17) is 15.3 Å². The Balaban J connectivity index is 0.00000324. The number of thioether (sulfide) groups is 1. The van der Waals surface area contributed by atoms with Crippen LogP contribution in [0, 0.1) is 0 Å². The number of aliphatic carboxylic acids is 1. The van der Waals surface area contributed by atoms with E-state index in [-0.39, 0.29) is 63.9 Å². The van der Waals surface area contributed by atoms with Gasteiger partial charge in [-0.15, -0.1) is 23.1 Å². The fourth-order valence-corrected chi connectivity index (χ4v) is 5.37. The van der Waals surface area contributed by atoms with E-state index in [1.165, 1.54) is 18.7 Å². The number of fused-ring (bicyclic) bond motifs is 1. The zero-order valence-electron chi connectivity index (χ0n) is 18.4. The predicted molar refractivity (Wildman–Crippen MR) is 115 cm³/mol. The van der Waals surface area contributed by atoms with Crippen molar-refractivity contribution in [2.24, 2.45) is 0 Å². The number of thiazole rings is 1. The number of ether oxygens (including phenoxy) is 1. The van der Waals surface area contributed by atoms with Gasteiger partial charge in [0.15, 0.2) is 5.13 Å². The van der Waals surface area contributed by atoms with Crippen LogP contribution in [0.1, 0.15) is 19.5 Å². The molecule has 15 heteroatoms. The standard InChI is InChI=1S/C19H19N5O7S2.Na/c1-7-3-10(23-31-7)12(11-6-33-19(20)21-11)15(26)22-13-16(27)24-14(18(28)29)9(4-30-8(2)25)5-32-17(13)24;/h3,6,13,17,23H,4-5H2,1-2H3,(H2,20,21)(H,22,26)(H,28,29);/q;+1/p-1/t13?,17-;/m0./s1. The van der Waals surface area contributed by atoms with Crippen LogP contribution in [0.4, 0.5) is 5.13 Å². The van der Waals surface area contributed by atoms with Gasteiger partial charge in [-0.25, -0.2) is 10.5 Å². The SMILES string of the molecule is CC(=O)OCC1=C(C(=O)[O-])N2C(=O)C(NC(=O)C(=C3C=C(C)ON3)c3csc(N)n3)[C@@H]2SC1.[Na+]. The van der Waals surface area contributed by atoms with Crippen LogP contribution < -0.4 is 51.2 Å². The van der Waals surface area contributed by atoms with Crippen molar-refractivity contribution in [3.63, 3.8) is 0 Å². The minimum absolute atomic E-state index is 0. The number of hydroxylamine groups is 1. The molecule has 1 saturated heterocycles. The number of nitrogen functional groups attached to an aromatic ring is 1. The topological polar surface area (TPSA) is 176 Å². The Morgan fingerprint density at radius 3 is 2.74 bits per heavy atom. The molecular weight excluding hydrogens is 497 g/mol. The van der Waals surface area contributed by atoms with Gasteiger partial charge >= 0.3 is 35.5 Å². The summed E-state index contributed by atoms with van der Waals surface area (Å²) in [6, 6.07) is -0.980. The van der Waals surface area contributed by atoms with E-state index in [0.717, 1.165) is 16.2 Å². The number of carboxylic acid groups (broad SMARTS) is 1. The number of amides is 2. The van der Waals surface area contributed by atoms with Crippen molar-refractivity contribution in [3.8, 4) is 0 Å². The van der Waals surface area contributed by atoms with Gasteiger partial charge in [0.05, 0.1) is 28.6 Å². The maximum Gasteiger partial charge on any atom is 1.00 e. The third-order valence-corrected chi connectivity index (χ3v) is 6.93. The first-order valence-electron chi connectivity index (χ1n) is 9.56. The molecule has 0 radical (unpaired) electrons. The summed E-state index contributed by atoms with van der Waals surface area (Å²) in [5.74, 6) is -2.66. The van der Waals surface area contributed by atoms with Crippen LogP contribution in [0.3, 0.4) is 0 Å². The largest absolute Gasteiger partial charge is 1.00 e. The van der Waals surface area contributed by atoms with Crippen molar-refractivity contribution in [2.45, 2.75) is 25.3 Å². The number of carbonyl (C=O) groups is 4. The number of allylic oxidation sites excluding steroid dienone is 2. The molecule has 1 unspecified atom stereocenters. The molecule has 3 aliphatic rings. The minimum atomic E-state index is -1.56. The maximum absolute atomic E-state index is 13.2. The normalized spacial score (nSPS) is 22.4. The van der Waals surface area contributed by atoms with Crippen LogP contribution in [-0.2, 0) is 28.8 Å². The number of nitrogens with zero attached hydrogens (tertiary/aromatic N) is 2. The van der Waals surface area contributed by atoms with Crippen LogP contribution >= 0.6 is 23.1 Å². The van der Waals surface area contributed by atoms with E-state index in [1.807, 2.05) is 0 Å². The van der Waals surface area contributed by atoms with Gasteiger partial charge in [0.25, 0.3) is 11.8 Å². The number of rotatable bonds is 6. The molecule has 4 N–H and O–H groups in total. The van der Waals surface area contributed by atoms with Crippen molar-refractivity contribution in [1.29, 1.82) is 0 Å². The number of anilines is 1. The van der Waals surface area contributed by atoms with Gasteiger partial charge in [-0.2, -0.15) is 0 Å². The summed E-state index contributed by atoms with van der Waals surface area (Å²) in [5, 5.41) is 15.6. The molecule has 2 amide bonds. The molecule has 0 saturated carbocycles. The minimum Gasteiger partial charge on any atom is -0.543 e. The molecule has 1 fully saturated rings. The first-order chi connectivity index (χ1) is 15.7. The summed E-state index contributed by atoms with van der Waals surface area (Å²) in [6.07, 6.45) is 1.60. The van der Waals surface area contributed by atoms with E-state index in [2.05, 4.69) is 15.8 Å². The fraction of sp³-hybridized carbons (Fsp3) is 0.316. The number of nitrogens with one attached hydrogen (secondary N) is 2. The van der Waals surface area contributed by atoms with E-state index >= 15 is 0 Å². The van der Waals surface area contributed by atoms with E-state index in [1.54, 1.807) is 18.4 Å².